The quantitative estimate of drug-likeness (QED) is 0.551. The van der Waals surface area contributed by atoms with Crippen LogP contribution in [0.2, 0.25) is 0 Å². The van der Waals surface area contributed by atoms with Crippen LogP contribution >= 0.6 is 0 Å². The molecule has 13 heavy (non-hydrogen) atoms. The van der Waals surface area contributed by atoms with E-state index in [9.17, 15) is 9.59 Å². The average molecular weight is 183 g/mol. The van der Waals surface area contributed by atoms with E-state index in [1.165, 1.54) is 0 Å². The minimum absolute atomic E-state index is 0.409. The lowest BCUT2D eigenvalue weighted by molar-refractivity contribution is 0.537. The van der Waals surface area contributed by atoms with E-state index in [4.69, 9.17) is 5.73 Å². The molecule has 1 aromatic heterocycles. The summed E-state index contributed by atoms with van der Waals surface area (Å²) in [5, 5.41) is 0. The molecule has 0 bridgehead atoms. The van der Waals surface area contributed by atoms with Gasteiger partial charge < -0.3 is 10.7 Å². The number of aromatic amines is 2. The van der Waals surface area contributed by atoms with Gasteiger partial charge in [-0.3, -0.25) is 9.78 Å². The van der Waals surface area contributed by atoms with Crippen molar-refractivity contribution in [2.24, 2.45) is 5.73 Å². The Morgan fingerprint density at radius 3 is 2.15 bits per heavy atom. The fraction of sp³-hybridized carbons (Fsp3) is 0.500. The minimum Gasteiger partial charge on any atom is -0.322 e. The topological polar surface area (TPSA) is 91.7 Å². The molecule has 1 heterocycles. The summed E-state index contributed by atoms with van der Waals surface area (Å²) < 4.78 is 0. The van der Waals surface area contributed by atoms with Crippen LogP contribution in [-0.4, -0.2) is 9.97 Å². The average Bonchev–Trinajstić information content (AvgIpc) is 1.78. The van der Waals surface area contributed by atoms with E-state index in [1.807, 2.05) is 0 Å². The molecule has 5 heteroatoms. The monoisotopic (exact) mass is 183 g/mol. The Kier molecular flexibility index (Phi) is 2.13. The number of aryl methyl sites for hydroxylation is 1. The van der Waals surface area contributed by atoms with Crippen molar-refractivity contribution in [3.63, 3.8) is 0 Å². The molecule has 4 N–H and O–H groups in total. The molecule has 0 aliphatic carbocycles. The van der Waals surface area contributed by atoms with E-state index in [0.29, 0.717) is 11.3 Å². The van der Waals surface area contributed by atoms with Gasteiger partial charge in [-0.15, -0.1) is 0 Å². The second-order valence-corrected chi connectivity index (χ2v) is 3.63. The summed E-state index contributed by atoms with van der Waals surface area (Å²) in [6, 6.07) is 0. The lowest BCUT2D eigenvalue weighted by Crippen LogP contribution is -2.39. The maximum Gasteiger partial charge on any atom is 0.325 e. The van der Waals surface area contributed by atoms with Crippen LogP contribution in [0.4, 0.5) is 0 Å². The molecule has 0 aromatic carbocycles. The van der Waals surface area contributed by atoms with Crippen LogP contribution in [0.5, 0.6) is 0 Å². The fourth-order valence-electron chi connectivity index (χ4n) is 1.38. The number of nitrogens with one attached hydrogen (secondary N) is 2. The van der Waals surface area contributed by atoms with Crippen LogP contribution in [-0.2, 0) is 5.54 Å². The molecule has 1 rings (SSSR count). The Morgan fingerprint density at radius 1 is 1.23 bits per heavy atom. The highest BCUT2D eigenvalue weighted by Crippen LogP contribution is 2.13. The van der Waals surface area contributed by atoms with Crippen molar-refractivity contribution >= 4 is 0 Å². The van der Waals surface area contributed by atoms with Gasteiger partial charge in [-0.25, -0.2) is 4.79 Å². The highest BCUT2D eigenvalue weighted by Gasteiger charge is 2.21. The molecule has 0 atom stereocenters. The molecular formula is C8H13N3O2. The number of H-pyrrole nitrogens is 2. The Hall–Kier alpha value is -1.36. The first-order valence-corrected chi connectivity index (χ1v) is 3.95. The maximum absolute atomic E-state index is 11.4. The van der Waals surface area contributed by atoms with Gasteiger partial charge in [0.05, 0.1) is 5.56 Å². The molecule has 0 unspecified atom stereocenters. The van der Waals surface area contributed by atoms with E-state index < -0.39 is 16.8 Å². The normalized spacial score (nSPS) is 11.7. The van der Waals surface area contributed by atoms with Gasteiger partial charge in [-0.05, 0) is 20.8 Å². The molecule has 0 saturated carbocycles. The van der Waals surface area contributed by atoms with Crippen molar-refractivity contribution in [1.29, 1.82) is 0 Å². The molecule has 0 fully saturated rings. The molecule has 72 valence electrons. The summed E-state index contributed by atoms with van der Waals surface area (Å²) in [6.45, 7) is 5.08. The van der Waals surface area contributed by atoms with Gasteiger partial charge in [0, 0.05) is 11.2 Å². The summed E-state index contributed by atoms with van der Waals surface area (Å²) in [5.74, 6) is 0. The predicted octanol–water partition coefficient (Wildman–Crippen LogP) is -0.435. The first-order valence-electron chi connectivity index (χ1n) is 3.95. The van der Waals surface area contributed by atoms with Gasteiger partial charge >= 0.3 is 5.69 Å². The van der Waals surface area contributed by atoms with Gasteiger partial charge in [0.2, 0.25) is 0 Å². The number of hydrogen-bond donors (Lipinski definition) is 3. The zero-order chi connectivity index (χ0) is 10.2. The summed E-state index contributed by atoms with van der Waals surface area (Å²) in [7, 11) is 0. The van der Waals surface area contributed by atoms with Crippen molar-refractivity contribution in [3.05, 3.63) is 32.1 Å². The Labute approximate surface area is 75.0 Å². The zero-order valence-electron chi connectivity index (χ0n) is 7.89. The van der Waals surface area contributed by atoms with E-state index in [1.54, 1.807) is 20.8 Å². The third-order valence-electron chi connectivity index (χ3n) is 1.77. The van der Waals surface area contributed by atoms with E-state index in [2.05, 4.69) is 9.97 Å². The van der Waals surface area contributed by atoms with E-state index in [-0.39, 0.29) is 0 Å². The van der Waals surface area contributed by atoms with Crippen LogP contribution in [0.25, 0.3) is 0 Å². The molecule has 0 amide bonds. The van der Waals surface area contributed by atoms with E-state index >= 15 is 0 Å². The summed E-state index contributed by atoms with van der Waals surface area (Å²) in [6.07, 6.45) is 0. The third kappa shape index (κ3) is 1.86. The molecule has 0 aliphatic rings. The lowest BCUT2D eigenvalue weighted by atomic mass is 9.96. The standard InChI is InChI=1S/C8H13N3O2/c1-4-5(8(2,3)9)6(12)11-7(13)10-4/h9H2,1-3H3,(H2,10,11,12,13). The largest absolute Gasteiger partial charge is 0.325 e. The maximum atomic E-state index is 11.4. The first-order chi connectivity index (χ1) is 5.82. The van der Waals surface area contributed by atoms with Crippen LogP contribution in [0.15, 0.2) is 9.59 Å². The molecule has 0 saturated heterocycles. The van der Waals surface area contributed by atoms with Crippen LogP contribution in [0.1, 0.15) is 25.1 Å². The van der Waals surface area contributed by atoms with Gasteiger partial charge in [0.25, 0.3) is 5.56 Å². The molecule has 1 aromatic rings. The zero-order valence-corrected chi connectivity index (χ0v) is 7.89. The van der Waals surface area contributed by atoms with Gasteiger partial charge in [-0.1, -0.05) is 0 Å². The first kappa shape index (κ1) is 9.73. The Morgan fingerprint density at radius 2 is 1.77 bits per heavy atom. The minimum atomic E-state index is -0.748. The SMILES string of the molecule is Cc1[nH]c(=O)[nH]c(=O)c1C(C)(C)N. The van der Waals surface area contributed by atoms with Gasteiger partial charge in [0.15, 0.2) is 0 Å². The van der Waals surface area contributed by atoms with Crippen molar-refractivity contribution < 1.29 is 0 Å². The highest BCUT2D eigenvalue weighted by atomic mass is 16.2. The summed E-state index contributed by atoms with van der Waals surface area (Å²) >= 11 is 0. The lowest BCUT2D eigenvalue weighted by Gasteiger charge is -2.19. The number of rotatable bonds is 1. The predicted molar refractivity (Wildman–Crippen MR) is 49.6 cm³/mol. The number of aromatic nitrogens is 2. The summed E-state index contributed by atoms with van der Waals surface area (Å²) in [4.78, 5) is 26.8. The van der Waals surface area contributed by atoms with Crippen LogP contribution in [0.3, 0.4) is 0 Å². The van der Waals surface area contributed by atoms with Crippen molar-refractivity contribution in [3.8, 4) is 0 Å². The second kappa shape index (κ2) is 2.85. The third-order valence-corrected chi connectivity index (χ3v) is 1.77. The van der Waals surface area contributed by atoms with Gasteiger partial charge in [0.1, 0.15) is 0 Å². The second-order valence-electron chi connectivity index (χ2n) is 3.63. The van der Waals surface area contributed by atoms with Crippen molar-refractivity contribution in [1.82, 2.24) is 9.97 Å². The van der Waals surface area contributed by atoms with Crippen molar-refractivity contribution in [2.75, 3.05) is 0 Å². The highest BCUT2D eigenvalue weighted by molar-refractivity contribution is 5.22. The van der Waals surface area contributed by atoms with Crippen LogP contribution < -0.4 is 17.0 Å². The fourth-order valence-corrected chi connectivity index (χ4v) is 1.38. The molecule has 5 nitrogen and oxygen atoms in total. The van der Waals surface area contributed by atoms with E-state index in [0.717, 1.165) is 0 Å². The number of hydrogen-bond acceptors (Lipinski definition) is 3. The smallest absolute Gasteiger partial charge is 0.322 e. The molecule has 0 spiro atoms. The van der Waals surface area contributed by atoms with Gasteiger partial charge in [-0.2, -0.15) is 0 Å². The number of nitrogens with two attached hydrogens (primary N) is 1. The molecular weight excluding hydrogens is 170 g/mol. The Balaban J connectivity index is 3.57. The Bertz CT molecular complexity index is 422. The van der Waals surface area contributed by atoms with Crippen molar-refractivity contribution in [2.45, 2.75) is 26.3 Å². The van der Waals surface area contributed by atoms with Crippen LogP contribution in [0, 0.1) is 6.92 Å². The molecule has 0 aliphatic heterocycles. The summed E-state index contributed by atoms with van der Waals surface area (Å²) in [5.41, 5.74) is 5.02. The molecule has 0 radical (unpaired) electrons.